The van der Waals surface area contributed by atoms with Gasteiger partial charge in [-0.05, 0) is 12.1 Å². The lowest BCUT2D eigenvalue weighted by Crippen LogP contribution is -2.17. The van der Waals surface area contributed by atoms with E-state index < -0.39 is 0 Å². The van der Waals surface area contributed by atoms with E-state index in [1.807, 2.05) is 30.1 Å². The molecule has 5 nitrogen and oxygen atoms in total. The van der Waals surface area contributed by atoms with Gasteiger partial charge in [0.15, 0.2) is 0 Å². The normalized spacial score (nSPS) is 10.6. The molecule has 16 heavy (non-hydrogen) atoms. The SMILES string of the molecule is Cn1ccc(CCNCc2ccncn2)n1. The number of aryl methyl sites for hydroxylation is 1. The van der Waals surface area contributed by atoms with Crippen LogP contribution in [0.4, 0.5) is 0 Å². The molecule has 0 aliphatic carbocycles. The van der Waals surface area contributed by atoms with E-state index in [0.29, 0.717) is 0 Å². The van der Waals surface area contributed by atoms with E-state index in [1.165, 1.54) is 0 Å². The monoisotopic (exact) mass is 217 g/mol. The highest BCUT2D eigenvalue weighted by Gasteiger charge is 1.97. The molecular formula is C11H15N5. The molecule has 2 rings (SSSR count). The van der Waals surface area contributed by atoms with E-state index in [9.17, 15) is 0 Å². The maximum atomic E-state index is 4.31. The predicted molar refractivity (Wildman–Crippen MR) is 60.7 cm³/mol. The highest BCUT2D eigenvalue weighted by molar-refractivity contribution is 5.00. The summed E-state index contributed by atoms with van der Waals surface area (Å²) >= 11 is 0. The highest BCUT2D eigenvalue weighted by Crippen LogP contribution is 1.95. The maximum Gasteiger partial charge on any atom is 0.115 e. The largest absolute Gasteiger partial charge is 0.311 e. The Morgan fingerprint density at radius 2 is 2.25 bits per heavy atom. The third-order valence-corrected chi connectivity index (χ3v) is 2.28. The molecule has 0 aliphatic heterocycles. The summed E-state index contributed by atoms with van der Waals surface area (Å²) in [5, 5.41) is 7.63. The highest BCUT2D eigenvalue weighted by atomic mass is 15.2. The molecule has 5 heteroatoms. The summed E-state index contributed by atoms with van der Waals surface area (Å²) in [6.45, 7) is 1.68. The number of nitrogens with one attached hydrogen (secondary N) is 1. The Bertz CT molecular complexity index is 423. The fourth-order valence-corrected chi connectivity index (χ4v) is 1.45. The summed E-state index contributed by atoms with van der Waals surface area (Å²) in [7, 11) is 1.93. The van der Waals surface area contributed by atoms with Crippen LogP contribution in [0.1, 0.15) is 11.4 Å². The molecule has 0 radical (unpaired) electrons. The second-order valence-corrected chi connectivity index (χ2v) is 3.61. The minimum atomic E-state index is 0.773. The van der Waals surface area contributed by atoms with Crippen molar-refractivity contribution in [3.05, 3.63) is 42.2 Å². The van der Waals surface area contributed by atoms with Crippen molar-refractivity contribution in [3.8, 4) is 0 Å². The van der Waals surface area contributed by atoms with Crippen molar-refractivity contribution in [2.24, 2.45) is 7.05 Å². The molecule has 2 aromatic heterocycles. The van der Waals surface area contributed by atoms with Crippen LogP contribution in [0.5, 0.6) is 0 Å². The van der Waals surface area contributed by atoms with Crippen LogP contribution < -0.4 is 5.32 Å². The summed E-state index contributed by atoms with van der Waals surface area (Å²) in [6, 6.07) is 3.94. The van der Waals surface area contributed by atoms with Crippen LogP contribution in [0.2, 0.25) is 0 Å². The third-order valence-electron chi connectivity index (χ3n) is 2.28. The first-order valence-electron chi connectivity index (χ1n) is 5.29. The minimum absolute atomic E-state index is 0.773. The number of hydrogen-bond donors (Lipinski definition) is 1. The Balaban J connectivity index is 1.69. The van der Waals surface area contributed by atoms with Crippen molar-refractivity contribution in [2.75, 3.05) is 6.54 Å². The fourth-order valence-electron chi connectivity index (χ4n) is 1.45. The van der Waals surface area contributed by atoms with Crippen molar-refractivity contribution < 1.29 is 0 Å². The molecule has 0 atom stereocenters. The zero-order valence-electron chi connectivity index (χ0n) is 9.30. The van der Waals surface area contributed by atoms with Gasteiger partial charge in [0.2, 0.25) is 0 Å². The zero-order valence-corrected chi connectivity index (χ0v) is 9.30. The molecule has 0 bridgehead atoms. The Labute approximate surface area is 94.5 Å². The van der Waals surface area contributed by atoms with Crippen LogP contribution >= 0.6 is 0 Å². The molecule has 0 aromatic carbocycles. The van der Waals surface area contributed by atoms with Crippen molar-refractivity contribution in [1.29, 1.82) is 0 Å². The molecule has 2 heterocycles. The van der Waals surface area contributed by atoms with E-state index in [0.717, 1.165) is 30.9 Å². The van der Waals surface area contributed by atoms with Crippen molar-refractivity contribution in [3.63, 3.8) is 0 Å². The van der Waals surface area contributed by atoms with Gasteiger partial charge in [0.05, 0.1) is 11.4 Å². The Morgan fingerprint density at radius 1 is 1.31 bits per heavy atom. The second-order valence-electron chi connectivity index (χ2n) is 3.61. The van der Waals surface area contributed by atoms with Crippen LogP contribution in [-0.2, 0) is 20.0 Å². The van der Waals surface area contributed by atoms with Crippen LogP contribution in [0.25, 0.3) is 0 Å². The molecule has 0 fully saturated rings. The molecule has 0 saturated carbocycles. The smallest absolute Gasteiger partial charge is 0.115 e. The predicted octanol–water partition coefficient (Wildman–Crippen LogP) is 0.542. The third kappa shape index (κ3) is 3.13. The molecule has 84 valence electrons. The molecule has 0 aliphatic rings. The van der Waals surface area contributed by atoms with E-state index in [1.54, 1.807) is 12.5 Å². The summed E-state index contributed by atoms with van der Waals surface area (Å²) in [6.07, 6.45) is 6.21. The Kier molecular flexibility index (Phi) is 3.61. The van der Waals surface area contributed by atoms with Gasteiger partial charge in [-0.1, -0.05) is 0 Å². The van der Waals surface area contributed by atoms with E-state index in [2.05, 4.69) is 20.4 Å². The van der Waals surface area contributed by atoms with Gasteiger partial charge in [-0.3, -0.25) is 4.68 Å². The van der Waals surface area contributed by atoms with Crippen LogP contribution in [0, 0.1) is 0 Å². The number of hydrogen-bond acceptors (Lipinski definition) is 4. The Hall–Kier alpha value is -1.75. The van der Waals surface area contributed by atoms with E-state index >= 15 is 0 Å². The van der Waals surface area contributed by atoms with Gasteiger partial charge in [-0.25, -0.2) is 9.97 Å². The maximum absolute atomic E-state index is 4.31. The first kappa shape index (κ1) is 10.8. The summed E-state index contributed by atoms with van der Waals surface area (Å²) in [5.74, 6) is 0. The average molecular weight is 217 g/mol. The van der Waals surface area contributed by atoms with Crippen LogP contribution in [0.15, 0.2) is 30.9 Å². The van der Waals surface area contributed by atoms with Crippen molar-refractivity contribution >= 4 is 0 Å². The van der Waals surface area contributed by atoms with E-state index in [-0.39, 0.29) is 0 Å². The van der Waals surface area contributed by atoms with Gasteiger partial charge in [0.1, 0.15) is 6.33 Å². The Morgan fingerprint density at radius 3 is 2.94 bits per heavy atom. The zero-order chi connectivity index (χ0) is 11.2. The first-order valence-corrected chi connectivity index (χ1v) is 5.29. The summed E-state index contributed by atoms with van der Waals surface area (Å²) in [5.41, 5.74) is 2.12. The van der Waals surface area contributed by atoms with Gasteiger partial charge < -0.3 is 5.32 Å². The topological polar surface area (TPSA) is 55.6 Å². The molecule has 0 saturated heterocycles. The van der Waals surface area contributed by atoms with E-state index in [4.69, 9.17) is 0 Å². The first-order chi connectivity index (χ1) is 7.84. The quantitative estimate of drug-likeness (QED) is 0.743. The van der Waals surface area contributed by atoms with Gasteiger partial charge >= 0.3 is 0 Å². The van der Waals surface area contributed by atoms with Crippen molar-refractivity contribution in [1.82, 2.24) is 25.1 Å². The lowest BCUT2D eigenvalue weighted by molar-refractivity contribution is 0.655. The fraction of sp³-hybridized carbons (Fsp3) is 0.364. The standard InChI is InChI=1S/C11H15N5/c1-16-7-4-10(15-16)2-5-12-8-11-3-6-13-9-14-11/h3-4,6-7,9,12H,2,5,8H2,1H3. The average Bonchev–Trinajstić information content (AvgIpc) is 2.72. The lowest BCUT2D eigenvalue weighted by Gasteiger charge is -2.02. The molecular weight excluding hydrogens is 202 g/mol. The summed E-state index contributed by atoms with van der Waals surface area (Å²) in [4.78, 5) is 8.01. The molecule has 1 N–H and O–H groups in total. The lowest BCUT2D eigenvalue weighted by atomic mass is 10.3. The molecule has 2 aromatic rings. The van der Waals surface area contributed by atoms with Gasteiger partial charge in [-0.15, -0.1) is 0 Å². The molecule has 0 unspecified atom stereocenters. The molecule has 0 spiro atoms. The number of nitrogens with zero attached hydrogens (tertiary/aromatic N) is 4. The number of rotatable bonds is 5. The van der Waals surface area contributed by atoms with Gasteiger partial charge in [-0.2, -0.15) is 5.10 Å². The summed E-state index contributed by atoms with van der Waals surface area (Å²) < 4.78 is 1.82. The van der Waals surface area contributed by atoms with Gasteiger partial charge in [0, 0.05) is 39.0 Å². The van der Waals surface area contributed by atoms with Crippen molar-refractivity contribution in [2.45, 2.75) is 13.0 Å². The molecule has 0 amide bonds. The van der Waals surface area contributed by atoms with Gasteiger partial charge in [0.25, 0.3) is 0 Å². The second kappa shape index (κ2) is 5.37. The minimum Gasteiger partial charge on any atom is -0.311 e. The van der Waals surface area contributed by atoms with Crippen LogP contribution in [0.3, 0.4) is 0 Å². The number of aromatic nitrogens is 4. The van der Waals surface area contributed by atoms with Crippen LogP contribution in [-0.4, -0.2) is 26.3 Å².